The average Bonchev–Trinajstić information content (AvgIpc) is 2.04. The molecule has 0 nitrogen and oxygen atoms in total. The zero-order valence-electron chi connectivity index (χ0n) is 9.36. The summed E-state index contributed by atoms with van der Waals surface area (Å²) in [6.07, 6.45) is 8.73. The summed E-state index contributed by atoms with van der Waals surface area (Å²) in [5, 5.41) is 0. The summed E-state index contributed by atoms with van der Waals surface area (Å²) in [4.78, 5) is 0. The van der Waals surface area contributed by atoms with E-state index in [1.165, 1.54) is 32.1 Å². The number of hydrogen-bond acceptors (Lipinski definition) is 0. The molecule has 0 bridgehead atoms. The Morgan fingerprint density at radius 3 is 1.25 bits per heavy atom. The predicted molar refractivity (Wildman–Crippen MR) is 54.4 cm³/mol. The van der Waals surface area contributed by atoms with Crippen LogP contribution in [0.1, 0.15) is 58.8 Å². The first-order chi connectivity index (χ1) is 5.33. The fourth-order valence-electron chi connectivity index (χ4n) is 0.677. The molecule has 0 rings (SSSR count). The zero-order chi connectivity index (χ0) is 8.95. The summed E-state index contributed by atoms with van der Waals surface area (Å²) < 4.78 is 0. The van der Waals surface area contributed by atoms with Gasteiger partial charge in [-0.15, -0.1) is 0 Å². The third-order valence-corrected chi connectivity index (χ3v) is 1.46. The van der Waals surface area contributed by atoms with Crippen LogP contribution in [0.2, 0.25) is 0 Å². The first-order valence-electron chi connectivity index (χ1n) is 4.91. The fraction of sp³-hybridized carbons (Fsp3) is 0.818. The van der Waals surface area contributed by atoms with Gasteiger partial charge in [0.05, 0.1) is 0 Å². The Kier molecular flexibility index (Phi) is 36.8. The van der Waals surface area contributed by atoms with E-state index in [2.05, 4.69) is 27.7 Å². The van der Waals surface area contributed by atoms with Crippen LogP contribution in [0.4, 0.5) is 0 Å². The third kappa shape index (κ3) is 29.9. The van der Waals surface area contributed by atoms with Gasteiger partial charge in [0.1, 0.15) is 0 Å². The van der Waals surface area contributed by atoms with Crippen molar-refractivity contribution in [1.82, 2.24) is 0 Å². The van der Waals surface area contributed by atoms with Crippen LogP contribution < -0.4 is 51.4 Å². The first kappa shape index (κ1) is 19.2. The molecule has 12 heavy (non-hydrogen) atoms. The van der Waals surface area contributed by atoms with E-state index in [1.807, 2.05) is 0 Å². The van der Waals surface area contributed by atoms with E-state index in [9.17, 15) is 0 Å². The van der Waals surface area contributed by atoms with Crippen molar-refractivity contribution in [2.45, 2.75) is 58.8 Å². The van der Waals surface area contributed by atoms with Crippen molar-refractivity contribution in [2.24, 2.45) is 0 Å². The molecule has 0 aliphatic heterocycles. The molecule has 0 aliphatic rings. The van der Waals surface area contributed by atoms with Gasteiger partial charge < -0.3 is 13.8 Å². The van der Waals surface area contributed by atoms with Crippen LogP contribution in [0.25, 0.3) is 0 Å². The summed E-state index contributed by atoms with van der Waals surface area (Å²) in [5.74, 6) is 0. The Balaban J connectivity index is -0.000000126. The van der Waals surface area contributed by atoms with Crippen LogP contribution in [0, 0.1) is 13.8 Å². The van der Waals surface area contributed by atoms with E-state index in [0.29, 0.717) is 0 Å². The second kappa shape index (κ2) is 22.9. The second-order valence-electron chi connectivity index (χ2n) is 2.77. The van der Waals surface area contributed by atoms with Gasteiger partial charge in [-0.2, -0.15) is 12.8 Å². The van der Waals surface area contributed by atoms with E-state index in [-0.39, 0.29) is 51.4 Å². The zero-order valence-corrected chi connectivity index (χ0v) is 12.5. The molecule has 0 saturated heterocycles. The topological polar surface area (TPSA) is 0 Å². The predicted octanol–water partition coefficient (Wildman–Crippen LogP) is 1.42. The van der Waals surface area contributed by atoms with E-state index in [0.717, 1.165) is 12.8 Å². The monoisotopic (exact) mass is 195 g/mol. The molecule has 0 atom stereocenters. The molecule has 0 fully saturated rings. The quantitative estimate of drug-likeness (QED) is 0.354. The summed E-state index contributed by atoms with van der Waals surface area (Å²) in [7, 11) is 0. The summed E-state index contributed by atoms with van der Waals surface area (Å²) >= 11 is 0. The third-order valence-electron chi connectivity index (χ3n) is 1.46. The molecule has 1 heteroatoms. The van der Waals surface area contributed by atoms with Gasteiger partial charge in [0.15, 0.2) is 0 Å². The van der Waals surface area contributed by atoms with Gasteiger partial charge in [-0.05, 0) is 0 Å². The van der Waals surface area contributed by atoms with Crippen LogP contribution in [-0.4, -0.2) is 0 Å². The molecule has 0 saturated carbocycles. The van der Waals surface area contributed by atoms with Crippen molar-refractivity contribution in [1.29, 1.82) is 0 Å². The minimum absolute atomic E-state index is 0. The Bertz CT molecular complexity index is 38.3. The normalized spacial score (nSPS) is 8.00. The Morgan fingerprint density at radius 2 is 1.17 bits per heavy atom. The molecule has 70 valence electrons. The molecule has 0 aromatic carbocycles. The van der Waals surface area contributed by atoms with Gasteiger partial charge in [-0.1, -0.05) is 46.0 Å². The molecule has 0 amide bonds. The van der Waals surface area contributed by atoms with E-state index < -0.39 is 0 Å². The smallest absolute Gasteiger partial charge is 0.343 e. The van der Waals surface area contributed by atoms with Gasteiger partial charge in [0.25, 0.3) is 0 Å². The van der Waals surface area contributed by atoms with E-state index >= 15 is 0 Å². The van der Waals surface area contributed by atoms with Crippen molar-refractivity contribution >= 4 is 0 Å². The number of rotatable bonds is 5. The van der Waals surface area contributed by atoms with Crippen LogP contribution in [0.3, 0.4) is 0 Å². The molecule has 0 aliphatic carbocycles. The molecular weight excluding hydrogens is 171 g/mol. The van der Waals surface area contributed by atoms with E-state index in [4.69, 9.17) is 0 Å². The summed E-state index contributed by atoms with van der Waals surface area (Å²) in [5.41, 5.74) is 0. The van der Waals surface area contributed by atoms with Crippen molar-refractivity contribution in [2.75, 3.05) is 0 Å². The fourth-order valence-corrected chi connectivity index (χ4v) is 0.677. The maximum absolute atomic E-state index is 3.72. The maximum atomic E-state index is 3.72. The Labute approximate surface area is 122 Å². The number of unbranched alkanes of at least 4 members (excludes halogenated alkanes) is 5. The van der Waals surface area contributed by atoms with Gasteiger partial charge in [0.2, 0.25) is 0 Å². The van der Waals surface area contributed by atoms with Crippen molar-refractivity contribution in [3.63, 3.8) is 0 Å². The van der Waals surface area contributed by atoms with Crippen LogP contribution in [0.15, 0.2) is 0 Å². The minimum atomic E-state index is 0. The largest absolute Gasteiger partial charge is 1.00 e. The van der Waals surface area contributed by atoms with Gasteiger partial charge >= 0.3 is 51.4 Å². The Morgan fingerprint density at radius 1 is 0.750 bits per heavy atom. The molecule has 0 aromatic rings. The van der Waals surface area contributed by atoms with Gasteiger partial charge in [-0.25, -0.2) is 0 Å². The maximum Gasteiger partial charge on any atom is 1.00 e. The molecule has 0 aromatic heterocycles. The molecule has 0 unspecified atom stereocenters. The van der Waals surface area contributed by atoms with Crippen molar-refractivity contribution in [3.8, 4) is 0 Å². The SMILES string of the molecule is [CH2-]CCCC.[CH2-]CCCCC.[K+]. The minimum Gasteiger partial charge on any atom is -0.343 e. The second-order valence-corrected chi connectivity index (χ2v) is 2.77. The van der Waals surface area contributed by atoms with Crippen LogP contribution in [0.5, 0.6) is 0 Å². The van der Waals surface area contributed by atoms with E-state index in [1.54, 1.807) is 0 Å². The molecule has 0 heterocycles. The van der Waals surface area contributed by atoms with Crippen LogP contribution >= 0.6 is 0 Å². The molecule has 0 radical (unpaired) electrons. The average molecular weight is 195 g/mol. The number of hydrogen-bond donors (Lipinski definition) is 0. The van der Waals surface area contributed by atoms with Crippen molar-refractivity contribution < 1.29 is 51.4 Å². The molecule has 0 N–H and O–H groups in total. The summed E-state index contributed by atoms with van der Waals surface area (Å²) in [6.45, 7) is 11.8. The van der Waals surface area contributed by atoms with Crippen molar-refractivity contribution in [3.05, 3.63) is 13.8 Å². The van der Waals surface area contributed by atoms with Gasteiger partial charge in [0, 0.05) is 0 Å². The molecular formula is C11H24K-. The first-order valence-corrected chi connectivity index (χ1v) is 4.91. The molecule has 0 spiro atoms. The summed E-state index contributed by atoms with van der Waals surface area (Å²) in [6, 6.07) is 0. The standard InChI is InChI=1S/C6H13.C5H11.K/c1-3-5-6-4-2;1-3-5-4-2;/h1,3-6H2,2H3;1,3-5H2,2H3;/q2*-1;+1. The Hall–Kier alpha value is 1.64. The van der Waals surface area contributed by atoms with Gasteiger partial charge in [-0.3, -0.25) is 0 Å². The van der Waals surface area contributed by atoms with Crippen LogP contribution in [-0.2, 0) is 0 Å².